The Hall–Kier alpha value is -1.55. The quantitative estimate of drug-likeness (QED) is 0.904. The maximum atomic E-state index is 11.0. The lowest BCUT2D eigenvalue weighted by Crippen LogP contribution is -2.49. The molecular weight excluding hydrogens is 240 g/mol. The average molecular weight is 262 g/mol. The molecule has 1 N–H and O–H groups in total. The largest absolute Gasteiger partial charge is 0.478 e. The monoisotopic (exact) mass is 262 g/mol. The van der Waals surface area contributed by atoms with Crippen molar-refractivity contribution in [1.82, 2.24) is 4.90 Å². The second kappa shape index (κ2) is 6.06. The number of carboxylic acids is 1. The van der Waals surface area contributed by atoms with Gasteiger partial charge in [-0.15, -0.1) is 0 Å². The van der Waals surface area contributed by atoms with Crippen LogP contribution in [-0.4, -0.2) is 48.2 Å². The standard InChI is InChI=1S/C15H22N2O2/c1-3-12(2)16-7-9-17(10-8-16)14-6-4-5-13(11-14)15(18)19/h4-6,11-12H,3,7-10H2,1-2H3,(H,18,19). The first-order valence-corrected chi connectivity index (χ1v) is 6.94. The molecule has 4 heteroatoms. The van der Waals surface area contributed by atoms with Gasteiger partial charge in [0.05, 0.1) is 5.56 Å². The Morgan fingerprint density at radius 3 is 2.58 bits per heavy atom. The number of aromatic carboxylic acids is 1. The van der Waals surface area contributed by atoms with Crippen molar-refractivity contribution in [3.05, 3.63) is 29.8 Å². The minimum Gasteiger partial charge on any atom is -0.478 e. The van der Waals surface area contributed by atoms with Crippen molar-refractivity contribution in [3.8, 4) is 0 Å². The molecule has 0 amide bonds. The van der Waals surface area contributed by atoms with Crippen LogP contribution in [0.25, 0.3) is 0 Å². The molecule has 104 valence electrons. The van der Waals surface area contributed by atoms with Crippen LogP contribution in [0.5, 0.6) is 0 Å². The first-order chi connectivity index (χ1) is 9.11. The van der Waals surface area contributed by atoms with E-state index in [0.717, 1.165) is 31.9 Å². The number of hydrogen-bond acceptors (Lipinski definition) is 3. The van der Waals surface area contributed by atoms with Crippen LogP contribution < -0.4 is 4.90 Å². The predicted molar refractivity (Wildman–Crippen MR) is 76.9 cm³/mol. The average Bonchev–Trinajstić information content (AvgIpc) is 2.46. The summed E-state index contributed by atoms with van der Waals surface area (Å²) in [4.78, 5) is 15.8. The highest BCUT2D eigenvalue weighted by Gasteiger charge is 2.20. The van der Waals surface area contributed by atoms with E-state index < -0.39 is 5.97 Å². The lowest BCUT2D eigenvalue weighted by atomic mass is 10.1. The molecule has 0 aliphatic carbocycles. The zero-order valence-electron chi connectivity index (χ0n) is 11.7. The summed E-state index contributed by atoms with van der Waals surface area (Å²) in [5, 5.41) is 9.03. The van der Waals surface area contributed by atoms with Crippen molar-refractivity contribution >= 4 is 11.7 Å². The molecule has 19 heavy (non-hydrogen) atoms. The summed E-state index contributed by atoms with van der Waals surface area (Å²) in [5.41, 5.74) is 1.38. The molecule has 0 radical (unpaired) electrons. The minimum absolute atomic E-state index is 0.363. The smallest absolute Gasteiger partial charge is 0.335 e. The summed E-state index contributed by atoms with van der Waals surface area (Å²) in [6.07, 6.45) is 1.18. The van der Waals surface area contributed by atoms with Gasteiger partial charge in [0.15, 0.2) is 0 Å². The van der Waals surface area contributed by atoms with Gasteiger partial charge in [0.25, 0.3) is 0 Å². The molecule has 1 atom stereocenters. The van der Waals surface area contributed by atoms with E-state index in [0.29, 0.717) is 11.6 Å². The third-order valence-electron chi connectivity index (χ3n) is 3.99. The van der Waals surface area contributed by atoms with E-state index in [1.807, 2.05) is 12.1 Å². The molecule has 0 aromatic heterocycles. The fraction of sp³-hybridized carbons (Fsp3) is 0.533. The van der Waals surface area contributed by atoms with Crippen LogP contribution in [0.2, 0.25) is 0 Å². The zero-order valence-corrected chi connectivity index (χ0v) is 11.7. The summed E-state index contributed by atoms with van der Waals surface area (Å²) in [6, 6.07) is 7.85. The maximum Gasteiger partial charge on any atom is 0.335 e. The van der Waals surface area contributed by atoms with Crippen LogP contribution in [0.3, 0.4) is 0 Å². The third-order valence-corrected chi connectivity index (χ3v) is 3.99. The number of carboxylic acid groups (broad SMARTS) is 1. The highest BCUT2D eigenvalue weighted by molar-refractivity contribution is 5.88. The lowest BCUT2D eigenvalue weighted by molar-refractivity contribution is 0.0697. The van der Waals surface area contributed by atoms with Crippen molar-refractivity contribution in [3.63, 3.8) is 0 Å². The molecule has 1 aliphatic heterocycles. The molecule has 1 fully saturated rings. The number of piperazine rings is 1. The van der Waals surface area contributed by atoms with E-state index >= 15 is 0 Å². The molecule has 0 spiro atoms. The fourth-order valence-corrected chi connectivity index (χ4v) is 2.51. The molecular formula is C15H22N2O2. The molecule has 1 unspecified atom stereocenters. The fourth-order valence-electron chi connectivity index (χ4n) is 2.51. The van der Waals surface area contributed by atoms with Gasteiger partial charge >= 0.3 is 5.97 Å². The molecule has 1 aromatic carbocycles. The summed E-state index contributed by atoms with van der Waals surface area (Å²) < 4.78 is 0. The highest BCUT2D eigenvalue weighted by Crippen LogP contribution is 2.19. The van der Waals surface area contributed by atoms with Gasteiger partial charge in [-0.2, -0.15) is 0 Å². The Morgan fingerprint density at radius 1 is 1.32 bits per heavy atom. The molecule has 4 nitrogen and oxygen atoms in total. The Bertz CT molecular complexity index is 440. The lowest BCUT2D eigenvalue weighted by Gasteiger charge is -2.39. The topological polar surface area (TPSA) is 43.8 Å². The van der Waals surface area contributed by atoms with Crippen LogP contribution in [-0.2, 0) is 0 Å². The number of benzene rings is 1. The van der Waals surface area contributed by atoms with Crippen molar-refractivity contribution in [2.24, 2.45) is 0 Å². The molecule has 1 saturated heterocycles. The first-order valence-electron chi connectivity index (χ1n) is 6.94. The van der Waals surface area contributed by atoms with E-state index in [1.54, 1.807) is 12.1 Å². The third kappa shape index (κ3) is 3.26. The molecule has 1 heterocycles. The van der Waals surface area contributed by atoms with Crippen LogP contribution >= 0.6 is 0 Å². The van der Waals surface area contributed by atoms with Crippen LogP contribution in [0.1, 0.15) is 30.6 Å². The van der Waals surface area contributed by atoms with Gasteiger partial charge in [-0.1, -0.05) is 13.0 Å². The maximum absolute atomic E-state index is 11.0. The van der Waals surface area contributed by atoms with Crippen molar-refractivity contribution in [1.29, 1.82) is 0 Å². The van der Waals surface area contributed by atoms with Crippen LogP contribution in [0.15, 0.2) is 24.3 Å². The molecule has 0 bridgehead atoms. The van der Waals surface area contributed by atoms with Gasteiger partial charge in [-0.25, -0.2) is 4.79 Å². The van der Waals surface area contributed by atoms with E-state index in [2.05, 4.69) is 23.6 Å². The Morgan fingerprint density at radius 2 is 2.00 bits per heavy atom. The van der Waals surface area contributed by atoms with Crippen LogP contribution in [0, 0.1) is 0 Å². The number of nitrogens with zero attached hydrogens (tertiary/aromatic N) is 2. The van der Waals surface area contributed by atoms with E-state index in [-0.39, 0.29) is 0 Å². The van der Waals surface area contributed by atoms with Crippen molar-refractivity contribution < 1.29 is 9.90 Å². The number of carbonyl (C=O) groups is 1. The van der Waals surface area contributed by atoms with Gasteiger partial charge in [-0.3, -0.25) is 4.90 Å². The Kier molecular flexibility index (Phi) is 4.43. The van der Waals surface area contributed by atoms with E-state index in [4.69, 9.17) is 5.11 Å². The van der Waals surface area contributed by atoms with Crippen LogP contribution in [0.4, 0.5) is 5.69 Å². The van der Waals surface area contributed by atoms with Crippen molar-refractivity contribution in [2.75, 3.05) is 31.1 Å². The summed E-state index contributed by atoms with van der Waals surface area (Å²) in [7, 11) is 0. The highest BCUT2D eigenvalue weighted by atomic mass is 16.4. The first kappa shape index (κ1) is 13.9. The van der Waals surface area contributed by atoms with Gasteiger partial charge < -0.3 is 10.0 Å². The van der Waals surface area contributed by atoms with Crippen molar-refractivity contribution in [2.45, 2.75) is 26.3 Å². The molecule has 1 aliphatic rings. The Labute approximate surface area is 114 Å². The molecule has 0 saturated carbocycles. The summed E-state index contributed by atoms with van der Waals surface area (Å²) in [5.74, 6) is -0.861. The predicted octanol–water partition coefficient (Wildman–Crippen LogP) is 2.31. The van der Waals surface area contributed by atoms with E-state index in [9.17, 15) is 4.79 Å². The Balaban J connectivity index is 2.01. The summed E-state index contributed by atoms with van der Waals surface area (Å²) in [6.45, 7) is 8.51. The van der Waals surface area contributed by atoms with E-state index in [1.165, 1.54) is 6.42 Å². The normalized spacial score (nSPS) is 18.3. The SMILES string of the molecule is CCC(C)N1CCN(c2cccc(C(=O)O)c2)CC1. The van der Waals surface area contributed by atoms with Gasteiger partial charge in [0, 0.05) is 37.9 Å². The van der Waals surface area contributed by atoms with Gasteiger partial charge in [0.2, 0.25) is 0 Å². The summed E-state index contributed by atoms with van der Waals surface area (Å²) >= 11 is 0. The molecule has 1 aromatic rings. The van der Waals surface area contributed by atoms with Gasteiger partial charge in [-0.05, 0) is 31.5 Å². The van der Waals surface area contributed by atoms with Gasteiger partial charge in [0.1, 0.15) is 0 Å². The number of hydrogen-bond donors (Lipinski definition) is 1. The zero-order chi connectivity index (χ0) is 13.8. The second-order valence-electron chi connectivity index (χ2n) is 5.14. The molecule has 2 rings (SSSR count). The second-order valence-corrected chi connectivity index (χ2v) is 5.14. The number of rotatable bonds is 4. The minimum atomic E-state index is -0.861. The number of anilines is 1.